The van der Waals surface area contributed by atoms with Gasteiger partial charge in [-0.3, -0.25) is 4.79 Å². The maximum atomic E-state index is 12.1. The minimum Gasteiger partial charge on any atom is -0.383 e. The zero-order valence-electron chi connectivity index (χ0n) is 9.66. The summed E-state index contributed by atoms with van der Waals surface area (Å²) in [6.07, 6.45) is 3.41. The van der Waals surface area contributed by atoms with E-state index < -0.39 is 0 Å². The van der Waals surface area contributed by atoms with Crippen LogP contribution in [0.4, 0.5) is 0 Å². The molecule has 0 aromatic carbocycles. The second-order valence-corrected chi connectivity index (χ2v) is 4.39. The third kappa shape index (κ3) is 2.68. The lowest BCUT2D eigenvalue weighted by Gasteiger charge is -2.39. The largest absolute Gasteiger partial charge is 0.383 e. The highest BCUT2D eigenvalue weighted by Gasteiger charge is 2.30. The number of thiol groups is 1. The second kappa shape index (κ2) is 5.45. The van der Waals surface area contributed by atoms with Gasteiger partial charge >= 0.3 is 0 Å². The van der Waals surface area contributed by atoms with Gasteiger partial charge in [-0.05, 0) is 38.5 Å². The molecule has 86 valence electrons. The Morgan fingerprint density at radius 2 is 1.93 bits per heavy atom. The predicted molar refractivity (Wildman–Crippen MR) is 65.7 cm³/mol. The third-order valence-electron chi connectivity index (χ3n) is 3.06. The van der Waals surface area contributed by atoms with Crippen molar-refractivity contribution in [3.8, 4) is 0 Å². The number of piperidine rings is 1. The summed E-state index contributed by atoms with van der Waals surface area (Å²) in [5.41, 5.74) is 0.568. The van der Waals surface area contributed by atoms with Crippen molar-refractivity contribution in [2.24, 2.45) is 0 Å². The van der Waals surface area contributed by atoms with Crippen molar-refractivity contribution in [2.75, 3.05) is 7.05 Å². The molecule has 0 saturated carbocycles. The van der Waals surface area contributed by atoms with Crippen molar-refractivity contribution in [1.82, 2.24) is 10.2 Å². The van der Waals surface area contributed by atoms with Crippen molar-refractivity contribution >= 4 is 18.5 Å². The van der Waals surface area contributed by atoms with E-state index in [2.05, 4.69) is 31.8 Å². The topological polar surface area (TPSA) is 32.3 Å². The molecule has 1 saturated heterocycles. The molecule has 1 fully saturated rings. The molecule has 1 aliphatic rings. The van der Waals surface area contributed by atoms with Crippen molar-refractivity contribution < 1.29 is 4.79 Å². The molecule has 1 amide bonds. The minimum atomic E-state index is 0.0622. The highest BCUT2D eigenvalue weighted by atomic mass is 32.1. The number of rotatable bonds is 2. The van der Waals surface area contributed by atoms with Crippen LogP contribution in [0.15, 0.2) is 11.1 Å². The molecule has 0 bridgehead atoms. The van der Waals surface area contributed by atoms with Gasteiger partial charge < -0.3 is 10.2 Å². The number of carbonyl (C=O) groups excluding carboxylic acids is 1. The summed E-state index contributed by atoms with van der Waals surface area (Å²) in [5, 5.41) is 4.42. The fourth-order valence-corrected chi connectivity index (χ4v) is 2.43. The highest BCUT2D eigenvalue weighted by Crippen LogP contribution is 2.23. The SMILES string of the molecule is CN/C(=C\S)C(=O)N1C(C)CCCC1C. The van der Waals surface area contributed by atoms with Gasteiger partial charge in [0.25, 0.3) is 5.91 Å². The van der Waals surface area contributed by atoms with E-state index in [9.17, 15) is 4.79 Å². The van der Waals surface area contributed by atoms with Gasteiger partial charge in [0.2, 0.25) is 0 Å². The zero-order valence-corrected chi connectivity index (χ0v) is 10.6. The van der Waals surface area contributed by atoms with E-state index in [1.54, 1.807) is 7.05 Å². The molecular weight excluding hydrogens is 208 g/mol. The Bertz CT molecular complexity index is 255. The van der Waals surface area contributed by atoms with Crippen LogP contribution in [0.2, 0.25) is 0 Å². The van der Waals surface area contributed by atoms with Gasteiger partial charge in [0.15, 0.2) is 0 Å². The van der Waals surface area contributed by atoms with E-state index in [1.807, 2.05) is 4.90 Å². The standard InChI is InChI=1S/C11H20N2OS/c1-8-5-4-6-9(2)13(8)11(14)10(7-15)12-3/h7-9,12,15H,4-6H2,1-3H3/b10-7-. The summed E-state index contributed by atoms with van der Waals surface area (Å²) < 4.78 is 0. The number of nitrogens with zero attached hydrogens (tertiary/aromatic N) is 1. The van der Waals surface area contributed by atoms with Crippen LogP contribution in [0.1, 0.15) is 33.1 Å². The third-order valence-corrected chi connectivity index (χ3v) is 3.32. The highest BCUT2D eigenvalue weighted by molar-refractivity contribution is 7.83. The van der Waals surface area contributed by atoms with Gasteiger partial charge in [-0.15, -0.1) is 12.6 Å². The van der Waals surface area contributed by atoms with E-state index >= 15 is 0 Å². The van der Waals surface area contributed by atoms with Crippen molar-refractivity contribution in [2.45, 2.75) is 45.2 Å². The summed E-state index contributed by atoms with van der Waals surface area (Å²) >= 11 is 4.04. The second-order valence-electron chi connectivity index (χ2n) is 4.13. The number of nitrogens with one attached hydrogen (secondary N) is 1. The molecular formula is C11H20N2OS. The molecule has 4 heteroatoms. The first-order chi connectivity index (χ1) is 7.11. The lowest BCUT2D eigenvalue weighted by molar-refractivity contribution is -0.133. The molecule has 0 aromatic rings. The predicted octanol–water partition coefficient (Wildman–Crippen LogP) is 1.77. The summed E-state index contributed by atoms with van der Waals surface area (Å²) in [4.78, 5) is 14.1. The monoisotopic (exact) mass is 228 g/mol. The van der Waals surface area contributed by atoms with Gasteiger partial charge in [0.1, 0.15) is 5.70 Å². The van der Waals surface area contributed by atoms with Gasteiger partial charge in [-0.2, -0.15) is 0 Å². The number of likely N-dealkylation sites (tertiary alicyclic amines) is 1. The molecule has 0 spiro atoms. The summed E-state index contributed by atoms with van der Waals surface area (Å²) in [6, 6.07) is 0.663. The molecule has 2 atom stereocenters. The van der Waals surface area contributed by atoms with E-state index in [-0.39, 0.29) is 5.91 Å². The Kier molecular flexibility index (Phi) is 4.51. The average molecular weight is 228 g/mol. The molecule has 3 nitrogen and oxygen atoms in total. The van der Waals surface area contributed by atoms with Crippen LogP contribution in [0, 0.1) is 0 Å². The molecule has 1 rings (SSSR count). The van der Waals surface area contributed by atoms with Crippen LogP contribution in [-0.2, 0) is 4.79 Å². The Balaban J connectivity index is 2.80. The Morgan fingerprint density at radius 1 is 1.40 bits per heavy atom. The summed E-state index contributed by atoms with van der Waals surface area (Å²) in [7, 11) is 1.75. The molecule has 0 radical (unpaired) electrons. The zero-order chi connectivity index (χ0) is 11.4. The Morgan fingerprint density at radius 3 is 2.33 bits per heavy atom. The van der Waals surface area contributed by atoms with Crippen LogP contribution in [-0.4, -0.2) is 29.9 Å². The summed E-state index contributed by atoms with van der Waals surface area (Å²) in [6.45, 7) is 4.22. The maximum Gasteiger partial charge on any atom is 0.270 e. The molecule has 1 N–H and O–H groups in total. The van der Waals surface area contributed by atoms with Gasteiger partial charge in [0.05, 0.1) is 0 Å². The van der Waals surface area contributed by atoms with Gasteiger partial charge in [-0.1, -0.05) is 0 Å². The number of hydrogen-bond donors (Lipinski definition) is 2. The number of hydrogen-bond acceptors (Lipinski definition) is 3. The van der Waals surface area contributed by atoms with Gasteiger partial charge in [0, 0.05) is 19.1 Å². The minimum absolute atomic E-state index is 0.0622. The van der Waals surface area contributed by atoms with E-state index in [0.29, 0.717) is 17.8 Å². The summed E-state index contributed by atoms with van der Waals surface area (Å²) in [5.74, 6) is 0.0622. The van der Waals surface area contributed by atoms with E-state index in [1.165, 1.54) is 11.8 Å². The smallest absolute Gasteiger partial charge is 0.270 e. The van der Waals surface area contributed by atoms with Crippen LogP contribution in [0.25, 0.3) is 0 Å². The van der Waals surface area contributed by atoms with E-state index in [4.69, 9.17) is 0 Å². The fourth-order valence-electron chi connectivity index (χ4n) is 2.19. The molecule has 0 aliphatic carbocycles. The van der Waals surface area contributed by atoms with Crippen molar-refractivity contribution in [3.63, 3.8) is 0 Å². The lowest BCUT2D eigenvalue weighted by atomic mass is 9.97. The Labute approximate surface area is 97.3 Å². The molecule has 1 aliphatic heterocycles. The quantitative estimate of drug-likeness (QED) is 0.557. The first-order valence-corrected chi connectivity index (χ1v) is 5.98. The lowest BCUT2D eigenvalue weighted by Crippen LogP contribution is -2.49. The van der Waals surface area contributed by atoms with Crippen LogP contribution >= 0.6 is 12.6 Å². The molecule has 2 unspecified atom stereocenters. The molecule has 1 heterocycles. The maximum absolute atomic E-state index is 12.1. The normalized spacial score (nSPS) is 27.7. The molecule has 0 aromatic heterocycles. The van der Waals surface area contributed by atoms with Crippen LogP contribution in [0.5, 0.6) is 0 Å². The van der Waals surface area contributed by atoms with Crippen LogP contribution in [0.3, 0.4) is 0 Å². The number of carbonyl (C=O) groups is 1. The van der Waals surface area contributed by atoms with E-state index in [0.717, 1.165) is 12.8 Å². The first kappa shape index (κ1) is 12.4. The number of likely N-dealkylation sites (N-methyl/N-ethyl adjacent to an activating group) is 1. The number of amides is 1. The first-order valence-electron chi connectivity index (χ1n) is 5.46. The molecule has 15 heavy (non-hydrogen) atoms. The van der Waals surface area contributed by atoms with Gasteiger partial charge in [-0.25, -0.2) is 0 Å². The van der Waals surface area contributed by atoms with Crippen molar-refractivity contribution in [1.29, 1.82) is 0 Å². The Hall–Kier alpha value is -0.640. The fraction of sp³-hybridized carbons (Fsp3) is 0.727. The van der Waals surface area contributed by atoms with Crippen LogP contribution < -0.4 is 5.32 Å². The average Bonchev–Trinajstić information content (AvgIpc) is 2.19. The van der Waals surface area contributed by atoms with Crippen molar-refractivity contribution in [3.05, 3.63) is 11.1 Å².